The number of hydrogen-bond donors (Lipinski definition) is 1. The van der Waals surface area contributed by atoms with Gasteiger partial charge in [-0.1, -0.05) is 12.1 Å². The van der Waals surface area contributed by atoms with Crippen molar-refractivity contribution in [2.75, 3.05) is 30.3 Å². The van der Waals surface area contributed by atoms with Crippen molar-refractivity contribution < 1.29 is 0 Å². The van der Waals surface area contributed by atoms with Gasteiger partial charge in [-0.2, -0.15) is 11.8 Å². The van der Waals surface area contributed by atoms with Crippen LogP contribution in [0.1, 0.15) is 11.1 Å². The lowest BCUT2D eigenvalue weighted by Gasteiger charge is -2.26. The summed E-state index contributed by atoms with van der Waals surface area (Å²) in [5.41, 5.74) is 9.44. The predicted molar refractivity (Wildman–Crippen MR) is 68.2 cm³/mol. The Kier molecular flexibility index (Phi) is 3.54. The molecule has 0 bridgehead atoms. The molecule has 0 radical (unpaired) electrons. The fraction of sp³-hybridized carbons (Fsp3) is 0.500. The molecule has 2 N–H and O–H groups in total. The summed E-state index contributed by atoms with van der Waals surface area (Å²) in [5.74, 6) is 2.53. The Hall–Kier alpha value is -0.670. The summed E-state index contributed by atoms with van der Waals surface area (Å²) in [7, 11) is 0. The number of benzene rings is 1. The third-order valence-corrected chi connectivity index (χ3v) is 3.93. The molecule has 1 heterocycles. The summed E-state index contributed by atoms with van der Waals surface area (Å²) in [5, 5.41) is 0. The van der Waals surface area contributed by atoms with E-state index in [4.69, 9.17) is 5.73 Å². The van der Waals surface area contributed by atoms with Gasteiger partial charge in [0.05, 0.1) is 0 Å². The number of nitrogens with two attached hydrogens (primary N) is 1. The van der Waals surface area contributed by atoms with Gasteiger partial charge in [0, 0.05) is 36.8 Å². The van der Waals surface area contributed by atoms with Crippen molar-refractivity contribution in [2.24, 2.45) is 0 Å². The van der Waals surface area contributed by atoms with Gasteiger partial charge in [0.25, 0.3) is 0 Å². The molecule has 1 saturated heterocycles. The highest BCUT2D eigenvalue weighted by atomic mass is 32.2. The molecule has 3 heteroatoms. The first kappa shape index (κ1) is 10.8. The first-order chi connectivity index (χ1) is 7.27. The Morgan fingerprint density at radius 2 is 2.07 bits per heavy atom. The van der Waals surface area contributed by atoms with Crippen LogP contribution >= 0.6 is 11.8 Å². The minimum Gasteiger partial charge on any atom is -0.399 e. The quantitative estimate of drug-likeness (QED) is 0.777. The van der Waals surface area contributed by atoms with E-state index in [1.165, 1.54) is 35.7 Å². The summed E-state index contributed by atoms with van der Waals surface area (Å²) in [6.45, 7) is 5.58. The minimum absolute atomic E-state index is 0.916. The SMILES string of the molecule is Cc1c(N)cccc1CN1CCSCC1. The van der Waals surface area contributed by atoms with Crippen LogP contribution in [0, 0.1) is 6.92 Å². The normalized spacial score (nSPS) is 17.9. The Morgan fingerprint density at radius 1 is 1.33 bits per heavy atom. The molecule has 0 unspecified atom stereocenters. The molecule has 0 aliphatic carbocycles. The van der Waals surface area contributed by atoms with E-state index >= 15 is 0 Å². The largest absolute Gasteiger partial charge is 0.399 e. The van der Waals surface area contributed by atoms with Crippen LogP contribution in [0.5, 0.6) is 0 Å². The maximum atomic E-state index is 5.90. The van der Waals surface area contributed by atoms with Crippen LogP contribution in [0.25, 0.3) is 0 Å². The molecule has 0 saturated carbocycles. The molecule has 0 aromatic heterocycles. The highest BCUT2D eigenvalue weighted by molar-refractivity contribution is 7.99. The Morgan fingerprint density at radius 3 is 2.80 bits per heavy atom. The second-order valence-corrected chi connectivity index (χ2v) is 5.24. The molecular weight excluding hydrogens is 204 g/mol. The number of hydrogen-bond acceptors (Lipinski definition) is 3. The number of anilines is 1. The van der Waals surface area contributed by atoms with Crippen LogP contribution < -0.4 is 5.73 Å². The summed E-state index contributed by atoms with van der Waals surface area (Å²) >= 11 is 2.05. The fourth-order valence-corrected chi connectivity index (χ4v) is 2.85. The first-order valence-electron chi connectivity index (χ1n) is 5.41. The second-order valence-electron chi connectivity index (χ2n) is 4.02. The molecule has 0 atom stereocenters. The van der Waals surface area contributed by atoms with E-state index in [0.29, 0.717) is 0 Å². The van der Waals surface area contributed by atoms with E-state index in [-0.39, 0.29) is 0 Å². The standard InChI is InChI=1S/C12H18N2S/c1-10-11(3-2-4-12(10)13)9-14-5-7-15-8-6-14/h2-4H,5-9,13H2,1H3. The molecular formula is C12H18N2S. The third kappa shape index (κ3) is 2.67. The van der Waals surface area contributed by atoms with Crippen molar-refractivity contribution in [3.63, 3.8) is 0 Å². The molecule has 15 heavy (non-hydrogen) atoms. The van der Waals surface area contributed by atoms with Gasteiger partial charge >= 0.3 is 0 Å². The second kappa shape index (κ2) is 4.90. The topological polar surface area (TPSA) is 29.3 Å². The van der Waals surface area contributed by atoms with E-state index < -0.39 is 0 Å². The fourth-order valence-electron chi connectivity index (χ4n) is 1.87. The lowest BCUT2D eigenvalue weighted by Crippen LogP contribution is -2.32. The van der Waals surface area contributed by atoms with Crippen molar-refractivity contribution in [3.8, 4) is 0 Å². The highest BCUT2D eigenvalue weighted by Gasteiger charge is 2.12. The summed E-state index contributed by atoms with van der Waals surface area (Å²) in [6.07, 6.45) is 0. The summed E-state index contributed by atoms with van der Waals surface area (Å²) in [6, 6.07) is 6.22. The van der Waals surface area contributed by atoms with Gasteiger partial charge in [0.1, 0.15) is 0 Å². The molecule has 2 rings (SSSR count). The first-order valence-corrected chi connectivity index (χ1v) is 6.57. The molecule has 1 fully saturated rings. The molecule has 1 aliphatic rings. The zero-order valence-electron chi connectivity index (χ0n) is 9.20. The monoisotopic (exact) mass is 222 g/mol. The third-order valence-electron chi connectivity index (χ3n) is 2.99. The smallest absolute Gasteiger partial charge is 0.0346 e. The van der Waals surface area contributed by atoms with Crippen molar-refractivity contribution in [1.82, 2.24) is 4.90 Å². The van der Waals surface area contributed by atoms with Crippen LogP contribution in [0.15, 0.2) is 18.2 Å². The summed E-state index contributed by atoms with van der Waals surface area (Å²) < 4.78 is 0. The summed E-state index contributed by atoms with van der Waals surface area (Å²) in [4.78, 5) is 2.51. The van der Waals surface area contributed by atoms with E-state index in [0.717, 1.165) is 12.2 Å². The Bertz CT molecular complexity index is 332. The van der Waals surface area contributed by atoms with Crippen molar-refractivity contribution in [2.45, 2.75) is 13.5 Å². The van der Waals surface area contributed by atoms with Gasteiger partial charge < -0.3 is 5.73 Å². The number of thioether (sulfide) groups is 1. The Labute approximate surface area is 95.8 Å². The van der Waals surface area contributed by atoms with Crippen LogP contribution in [-0.4, -0.2) is 29.5 Å². The average molecular weight is 222 g/mol. The Balaban J connectivity index is 2.06. The maximum Gasteiger partial charge on any atom is 0.0346 e. The van der Waals surface area contributed by atoms with Crippen LogP contribution in [0.4, 0.5) is 5.69 Å². The predicted octanol–water partition coefficient (Wildman–Crippen LogP) is 2.13. The number of nitrogen functional groups attached to an aromatic ring is 1. The minimum atomic E-state index is 0.916. The molecule has 1 aromatic carbocycles. The lowest BCUT2D eigenvalue weighted by atomic mass is 10.1. The molecule has 82 valence electrons. The highest BCUT2D eigenvalue weighted by Crippen LogP contribution is 2.19. The molecule has 2 nitrogen and oxygen atoms in total. The molecule has 1 aromatic rings. The zero-order valence-corrected chi connectivity index (χ0v) is 10.0. The number of nitrogens with zero attached hydrogens (tertiary/aromatic N) is 1. The van der Waals surface area contributed by atoms with Gasteiger partial charge in [0.15, 0.2) is 0 Å². The maximum absolute atomic E-state index is 5.90. The molecule has 1 aliphatic heterocycles. The van der Waals surface area contributed by atoms with E-state index in [1.54, 1.807) is 0 Å². The molecule has 0 amide bonds. The van der Waals surface area contributed by atoms with Gasteiger partial charge in [0.2, 0.25) is 0 Å². The van der Waals surface area contributed by atoms with Gasteiger partial charge in [-0.05, 0) is 24.1 Å². The average Bonchev–Trinajstić information content (AvgIpc) is 2.26. The number of rotatable bonds is 2. The van der Waals surface area contributed by atoms with Crippen molar-refractivity contribution in [1.29, 1.82) is 0 Å². The van der Waals surface area contributed by atoms with Gasteiger partial charge in [-0.3, -0.25) is 4.90 Å². The van der Waals surface area contributed by atoms with E-state index in [1.807, 2.05) is 6.07 Å². The van der Waals surface area contributed by atoms with E-state index in [2.05, 4.69) is 35.7 Å². The van der Waals surface area contributed by atoms with Gasteiger partial charge in [-0.25, -0.2) is 0 Å². The van der Waals surface area contributed by atoms with Crippen LogP contribution in [0.3, 0.4) is 0 Å². The lowest BCUT2D eigenvalue weighted by molar-refractivity contribution is 0.294. The van der Waals surface area contributed by atoms with Crippen LogP contribution in [0.2, 0.25) is 0 Å². The van der Waals surface area contributed by atoms with Crippen molar-refractivity contribution >= 4 is 17.4 Å². The van der Waals surface area contributed by atoms with Crippen molar-refractivity contribution in [3.05, 3.63) is 29.3 Å². The van der Waals surface area contributed by atoms with E-state index in [9.17, 15) is 0 Å². The zero-order chi connectivity index (χ0) is 10.7. The van der Waals surface area contributed by atoms with Gasteiger partial charge in [-0.15, -0.1) is 0 Å². The molecule has 0 spiro atoms. The van der Waals surface area contributed by atoms with Crippen LogP contribution in [-0.2, 0) is 6.54 Å².